The maximum absolute atomic E-state index is 13.3. The Hall–Kier alpha value is -3.26. The molecule has 31 heavy (non-hydrogen) atoms. The van der Waals surface area contributed by atoms with E-state index in [1.807, 2.05) is 44.2 Å². The number of carbonyl (C=O) groups excluding carboxylic acids is 3. The lowest BCUT2D eigenvalue weighted by atomic mass is 9.82. The summed E-state index contributed by atoms with van der Waals surface area (Å²) in [5, 5.41) is 11.9. The molecule has 0 aliphatic rings. The second kappa shape index (κ2) is 11.8. The first-order valence-electron chi connectivity index (χ1n) is 10.2. The smallest absolute Gasteiger partial charge is 0.265 e. The van der Waals surface area contributed by atoms with Gasteiger partial charge in [-0.1, -0.05) is 50.3 Å². The molecule has 2 rings (SSSR count). The number of aromatic nitrogens is 1. The van der Waals surface area contributed by atoms with E-state index in [9.17, 15) is 14.4 Å². The number of nitrogens with one attached hydrogen (secondary N) is 2. The third kappa shape index (κ3) is 6.89. The minimum absolute atomic E-state index is 0.0996. The van der Waals surface area contributed by atoms with E-state index in [-0.39, 0.29) is 24.7 Å². The minimum atomic E-state index is -0.926. The number of rotatable bonds is 12. The van der Waals surface area contributed by atoms with E-state index in [0.717, 1.165) is 5.56 Å². The van der Waals surface area contributed by atoms with Crippen LogP contribution < -0.4 is 10.8 Å². The van der Waals surface area contributed by atoms with Gasteiger partial charge in [-0.15, -0.1) is 6.58 Å². The van der Waals surface area contributed by atoms with Crippen LogP contribution in [0.3, 0.4) is 0 Å². The minimum Gasteiger partial charge on any atom is -0.442 e. The molecule has 1 heterocycles. The first-order chi connectivity index (χ1) is 14.9. The van der Waals surface area contributed by atoms with Crippen LogP contribution in [-0.4, -0.2) is 33.8 Å². The van der Waals surface area contributed by atoms with Crippen LogP contribution in [0.1, 0.15) is 42.9 Å². The molecule has 3 N–H and O–H groups in total. The van der Waals surface area contributed by atoms with Gasteiger partial charge in [0.1, 0.15) is 12.3 Å². The lowest BCUT2D eigenvalue weighted by molar-refractivity contribution is -0.140. The maximum Gasteiger partial charge on any atom is 0.265 e. The van der Waals surface area contributed by atoms with E-state index < -0.39 is 35.5 Å². The molecule has 0 saturated carbocycles. The Bertz CT molecular complexity index is 865. The number of ketones is 1. The van der Waals surface area contributed by atoms with Crippen molar-refractivity contribution in [3.8, 4) is 0 Å². The second-order valence-corrected chi connectivity index (χ2v) is 7.80. The van der Waals surface area contributed by atoms with Gasteiger partial charge in [0.2, 0.25) is 17.6 Å². The molecule has 8 heteroatoms. The molecule has 0 spiro atoms. The van der Waals surface area contributed by atoms with Gasteiger partial charge in [0, 0.05) is 6.42 Å². The van der Waals surface area contributed by atoms with E-state index in [1.165, 1.54) is 18.5 Å². The predicted molar refractivity (Wildman–Crippen MR) is 114 cm³/mol. The number of hydrogen-bond donors (Lipinski definition) is 3. The van der Waals surface area contributed by atoms with Crippen LogP contribution >= 0.6 is 0 Å². The van der Waals surface area contributed by atoms with Crippen molar-refractivity contribution >= 4 is 17.6 Å². The fourth-order valence-corrected chi connectivity index (χ4v) is 3.51. The van der Waals surface area contributed by atoms with E-state index >= 15 is 0 Å². The van der Waals surface area contributed by atoms with Gasteiger partial charge >= 0.3 is 0 Å². The van der Waals surface area contributed by atoms with E-state index in [1.54, 1.807) is 5.48 Å². The summed E-state index contributed by atoms with van der Waals surface area (Å²) in [5.74, 6) is -3.16. The summed E-state index contributed by atoms with van der Waals surface area (Å²) in [6.45, 7) is 7.51. The summed E-state index contributed by atoms with van der Waals surface area (Å²) in [6, 6.07) is 8.33. The molecule has 3 atom stereocenters. The largest absolute Gasteiger partial charge is 0.442 e. The molecule has 2 aromatic rings. The van der Waals surface area contributed by atoms with Crippen molar-refractivity contribution in [2.45, 2.75) is 39.2 Å². The molecule has 2 amide bonds. The number of carbonyl (C=O) groups is 3. The second-order valence-electron chi connectivity index (χ2n) is 7.80. The average Bonchev–Trinajstić information content (AvgIpc) is 3.30. The lowest BCUT2D eigenvalue weighted by Gasteiger charge is -2.27. The number of Topliss-reactive ketones (excluding diaryl/α,β-unsaturated/α-hetero) is 1. The first-order valence-corrected chi connectivity index (χ1v) is 10.2. The van der Waals surface area contributed by atoms with Gasteiger partial charge in [0.05, 0.1) is 18.0 Å². The standard InChI is InChI=1S/C23H29N3O5/c1-4-8-17(22(29)26-30)18(13-15(2)3)21(28)25-19(14-16-9-6-5-7-10-16)20(27)23-24-11-12-31-23/h4-7,9-12,15,17-19,30H,1,8,13-14H2,2-3H3,(H,25,28)(H,26,29)/t17-,18-,19?/m1/s1. The number of nitrogens with zero attached hydrogens (tertiary/aromatic N) is 1. The normalized spacial score (nSPS) is 13.8. The highest BCUT2D eigenvalue weighted by Gasteiger charge is 2.36. The van der Waals surface area contributed by atoms with Crippen LogP contribution in [0.5, 0.6) is 0 Å². The summed E-state index contributed by atoms with van der Waals surface area (Å²) in [5.41, 5.74) is 2.49. The van der Waals surface area contributed by atoms with Gasteiger partial charge in [-0.3, -0.25) is 19.6 Å². The molecular weight excluding hydrogens is 398 g/mol. The third-order valence-electron chi connectivity index (χ3n) is 4.97. The predicted octanol–water partition coefficient (Wildman–Crippen LogP) is 2.94. The number of amides is 2. The third-order valence-corrected chi connectivity index (χ3v) is 4.97. The highest BCUT2D eigenvalue weighted by Crippen LogP contribution is 2.25. The fraction of sp³-hybridized carbons (Fsp3) is 0.391. The zero-order chi connectivity index (χ0) is 22.8. The Labute approximate surface area is 181 Å². The number of benzene rings is 1. The average molecular weight is 428 g/mol. The molecule has 1 unspecified atom stereocenters. The van der Waals surface area contributed by atoms with E-state index in [4.69, 9.17) is 9.62 Å². The molecule has 0 bridgehead atoms. The Morgan fingerprint density at radius 3 is 2.42 bits per heavy atom. The molecule has 1 aromatic carbocycles. The Balaban J connectivity index is 2.31. The van der Waals surface area contributed by atoms with Crippen molar-refractivity contribution in [2.75, 3.05) is 0 Å². The summed E-state index contributed by atoms with van der Waals surface area (Å²) in [4.78, 5) is 42.4. The van der Waals surface area contributed by atoms with Crippen molar-refractivity contribution in [3.63, 3.8) is 0 Å². The van der Waals surface area contributed by atoms with Crippen LogP contribution in [0.4, 0.5) is 0 Å². The Morgan fingerprint density at radius 2 is 1.87 bits per heavy atom. The SMILES string of the molecule is C=CC[C@@H](C(=O)NO)[C@@H](CC(C)C)C(=O)NC(Cc1ccccc1)C(=O)c1ncco1. The van der Waals surface area contributed by atoms with E-state index in [2.05, 4.69) is 16.9 Å². The highest BCUT2D eigenvalue weighted by atomic mass is 16.5. The lowest BCUT2D eigenvalue weighted by Crippen LogP contribution is -2.48. The van der Waals surface area contributed by atoms with Gasteiger partial charge in [-0.05, 0) is 24.3 Å². The van der Waals surface area contributed by atoms with Crippen molar-refractivity contribution in [3.05, 3.63) is 66.9 Å². The van der Waals surface area contributed by atoms with Crippen LogP contribution in [0, 0.1) is 17.8 Å². The van der Waals surface area contributed by atoms with Crippen molar-refractivity contribution in [1.82, 2.24) is 15.8 Å². The van der Waals surface area contributed by atoms with E-state index in [0.29, 0.717) is 6.42 Å². The van der Waals surface area contributed by atoms with Crippen LogP contribution in [-0.2, 0) is 16.0 Å². The molecule has 0 aliphatic heterocycles. The van der Waals surface area contributed by atoms with Crippen molar-refractivity contribution in [2.24, 2.45) is 17.8 Å². The summed E-state index contributed by atoms with van der Waals surface area (Å²) in [7, 11) is 0. The highest BCUT2D eigenvalue weighted by molar-refractivity contribution is 5.99. The zero-order valence-corrected chi connectivity index (χ0v) is 17.8. The number of hydrogen-bond acceptors (Lipinski definition) is 6. The topological polar surface area (TPSA) is 122 Å². The molecule has 0 saturated heterocycles. The molecule has 1 aromatic heterocycles. The van der Waals surface area contributed by atoms with Crippen molar-refractivity contribution in [1.29, 1.82) is 0 Å². The molecular formula is C23H29N3O5. The van der Waals surface area contributed by atoms with Gasteiger partial charge in [-0.2, -0.15) is 0 Å². The maximum atomic E-state index is 13.3. The molecule has 0 radical (unpaired) electrons. The van der Waals surface area contributed by atoms with Gasteiger partial charge in [-0.25, -0.2) is 10.5 Å². The van der Waals surface area contributed by atoms with Crippen LogP contribution in [0.25, 0.3) is 0 Å². The van der Waals surface area contributed by atoms with Gasteiger partial charge in [0.25, 0.3) is 5.89 Å². The summed E-state index contributed by atoms with van der Waals surface area (Å²) < 4.78 is 5.14. The zero-order valence-electron chi connectivity index (χ0n) is 17.8. The number of allylic oxidation sites excluding steroid dienone is 1. The molecule has 0 fully saturated rings. The molecule has 0 aliphatic carbocycles. The van der Waals surface area contributed by atoms with Crippen LogP contribution in [0.15, 0.2) is 59.9 Å². The quantitative estimate of drug-likeness (QED) is 0.207. The first kappa shape index (κ1) is 24.0. The molecule has 166 valence electrons. The number of hydroxylamine groups is 1. The van der Waals surface area contributed by atoms with Crippen LogP contribution in [0.2, 0.25) is 0 Å². The van der Waals surface area contributed by atoms with Gasteiger partial charge in [0.15, 0.2) is 0 Å². The van der Waals surface area contributed by atoms with Gasteiger partial charge < -0.3 is 9.73 Å². The monoisotopic (exact) mass is 427 g/mol. The Morgan fingerprint density at radius 1 is 1.16 bits per heavy atom. The fourth-order valence-electron chi connectivity index (χ4n) is 3.51. The van der Waals surface area contributed by atoms with Crippen molar-refractivity contribution < 1.29 is 24.0 Å². The summed E-state index contributed by atoms with van der Waals surface area (Å²) >= 11 is 0. The molecule has 8 nitrogen and oxygen atoms in total. The number of oxazole rings is 1. The Kier molecular flexibility index (Phi) is 9.14. The summed E-state index contributed by atoms with van der Waals surface area (Å²) in [6.07, 6.45) is 5.02.